The van der Waals surface area contributed by atoms with Gasteiger partial charge in [0.15, 0.2) is 0 Å². The van der Waals surface area contributed by atoms with Crippen molar-refractivity contribution in [1.82, 2.24) is 0 Å². The van der Waals surface area contributed by atoms with Crippen LogP contribution in [0.15, 0.2) is 48.5 Å². The molecule has 2 nitrogen and oxygen atoms in total. The van der Waals surface area contributed by atoms with Gasteiger partial charge in [-0.2, -0.15) is 0 Å². The highest BCUT2D eigenvalue weighted by Crippen LogP contribution is 2.21. The molecular formula is C12H10FNO. The molecule has 0 amide bonds. The van der Waals surface area contributed by atoms with Gasteiger partial charge in [0.25, 0.3) is 0 Å². The third kappa shape index (κ3) is 2.14. The summed E-state index contributed by atoms with van der Waals surface area (Å²) in [6.45, 7) is 0. The molecule has 2 N–H and O–H groups in total. The zero-order valence-corrected chi connectivity index (χ0v) is 7.94. The number of benzene rings is 2. The smallest absolute Gasteiger partial charge is 0.123 e. The Morgan fingerprint density at radius 2 is 1.27 bits per heavy atom. The lowest BCUT2D eigenvalue weighted by molar-refractivity contribution is 0.389. The Morgan fingerprint density at radius 1 is 0.800 bits per heavy atom. The highest BCUT2D eigenvalue weighted by molar-refractivity contribution is 5.65. The minimum atomic E-state index is -0.243. The molecule has 0 aliphatic heterocycles. The lowest BCUT2D eigenvalue weighted by Crippen LogP contribution is -1.87. The van der Waals surface area contributed by atoms with Crippen LogP contribution in [-0.2, 0) is 0 Å². The Labute approximate surface area is 87.0 Å². The van der Waals surface area contributed by atoms with Gasteiger partial charge in [-0.25, -0.2) is 4.39 Å². The first-order chi connectivity index (χ1) is 7.29. The third-order valence-electron chi connectivity index (χ3n) is 2.19. The molecule has 2 aromatic carbocycles. The van der Waals surface area contributed by atoms with Crippen molar-refractivity contribution < 1.29 is 9.60 Å². The van der Waals surface area contributed by atoms with E-state index in [-0.39, 0.29) is 5.82 Å². The molecule has 76 valence electrons. The predicted molar refractivity (Wildman–Crippen MR) is 57.2 cm³/mol. The number of rotatable bonds is 2. The van der Waals surface area contributed by atoms with Crippen molar-refractivity contribution >= 4 is 5.69 Å². The first-order valence-corrected chi connectivity index (χ1v) is 4.56. The fourth-order valence-corrected chi connectivity index (χ4v) is 1.38. The van der Waals surface area contributed by atoms with Gasteiger partial charge in [-0.1, -0.05) is 24.3 Å². The van der Waals surface area contributed by atoms with E-state index in [0.717, 1.165) is 11.1 Å². The maximum Gasteiger partial charge on any atom is 0.123 e. The molecule has 0 bridgehead atoms. The topological polar surface area (TPSA) is 32.3 Å². The van der Waals surface area contributed by atoms with Crippen LogP contribution in [0.25, 0.3) is 11.1 Å². The number of halogens is 1. The zero-order chi connectivity index (χ0) is 10.7. The molecule has 0 heterocycles. The van der Waals surface area contributed by atoms with Crippen LogP contribution in [0.5, 0.6) is 0 Å². The summed E-state index contributed by atoms with van der Waals surface area (Å²) in [5, 5.41) is 8.64. The largest absolute Gasteiger partial charge is 0.291 e. The Kier molecular flexibility index (Phi) is 2.65. The second kappa shape index (κ2) is 4.11. The highest BCUT2D eigenvalue weighted by atomic mass is 19.1. The van der Waals surface area contributed by atoms with Gasteiger partial charge in [0.1, 0.15) is 5.82 Å². The summed E-state index contributed by atoms with van der Waals surface area (Å²) in [4.78, 5) is 0. The quantitative estimate of drug-likeness (QED) is 0.734. The first kappa shape index (κ1) is 9.68. The Balaban J connectivity index is 2.33. The average Bonchev–Trinajstić information content (AvgIpc) is 2.30. The average molecular weight is 203 g/mol. The molecule has 0 aliphatic rings. The number of nitrogens with one attached hydrogen (secondary N) is 1. The monoisotopic (exact) mass is 203 g/mol. The van der Waals surface area contributed by atoms with Crippen LogP contribution >= 0.6 is 0 Å². The maximum atomic E-state index is 12.7. The normalized spacial score (nSPS) is 10.0. The van der Waals surface area contributed by atoms with Crippen molar-refractivity contribution in [2.24, 2.45) is 0 Å². The fraction of sp³-hybridized carbons (Fsp3) is 0. The number of anilines is 1. The van der Waals surface area contributed by atoms with Crippen LogP contribution in [0.2, 0.25) is 0 Å². The summed E-state index contributed by atoms with van der Waals surface area (Å²) in [6.07, 6.45) is 0. The highest BCUT2D eigenvalue weighted by Gasteiger charge is 1.97. The Bertz CT molecular complexity index is 436. The molecule has 0 radical (unpaired) electrons. The van der Waals surface area contributed by atoms with Crippen molar-refractivity contribution in [2.45, 2.75) is 0 Å². The van der Waals surface area contributed by atoms with Crippen molar-refractivity contribution in [2.75, 3.05) is 5.48 Å². The van der Waals surface area contributed by atoms with Gasteiger partial charge < -0.3 is 0 Å². The van der Waals surface area contributed by atoms with Gasteiger partial charge in [0.05, 0.1) is 5.69 Å². The molecule has 0 atom stereocenters. The molecule has 0 saturated heterocycles. The van der Waals surface area contributed by atoms with E-state index in [1.165, 1.54) is 12.1 Å². The van der Waals surface area contributed by atoms with E-state index in [1.54, 1.807) is 24.3 Å². The minimum absolute atomic E-state index is 0.243. The van der Waals surface area contributed by atoms with Crippen LogP contribution in [0.4, 0.5) is 10.1 Å². The molecule has 2 rings (SSSR count). The molecule has 0 aliphatic carbocycles. The summed E-state index contributed by atoms with van der Waals surface area (Å²) in [6, 6.07) is 13.5. The van der Waals surface area contributed by atoms with E-state index in [0.29, 0.717) is 5.69 Å². The minimum Gasteiger partial charge on any atom is -0.291 e. The van der Waals surface area contributed by atoms with Crippen molar-refractivity contribution in [3.8, 4) is 11.1 Å². The van der Waals surface area contributed by atoms with Crippen LogP contribution in [0.3, 0.4) is 0 Å². The van der Waals surface area contributed by atoms with Crippen molar-refractivity contribution in [3.63, 3.8) is 0 Å². The first-order valence-electron chi connectivity index (χ1n) is 4.56. The Hall–Kier alpha value is -1.87. The van der Waals surface area contributed by atoms with E-state index in [2.05, 4.69) is 5.48 Å². The van der Waals surface area contributed by atoms with E-state index in [9.17, 15) is 4.39 Å². The molecule has 0 saturated carbocycles. The van der Waals surface area contributed by atoms with E-state index < -0.39 is 0 Å². The SMILES string of the molecule is ONc1ccc(-c2ccc(F)cc2)cc1. The molecule has 0 unspecified atom stereocenters. The summed E-state index contributed by atoms with van der Waals surface area (Å²) in [5.74, 6) is -0.243. The Morgan fingerprint density at radius 3 is 1.73 bits per heavy atom. The molecule has 2 aromatic rings. The zero-order valence-electron chi connectivity index (χ0n) is 7.94. The van der Waals surface area contributed by atoms with Crippen LogP contribution in [0, 0.1) is 5.82 Å². The summed E-state index contributed by atoms with van der Waals surface area (Å²) in [5.41, 5.74) is 4.61. The van der Waals surface area contributed by atoms with E-state index in [4.69, 9.17) is 5.21 Å². The number of hydrogen-bond donors (Lipinski definition) is 2. The second-order valence-electron chi connectivity index (χ2n) is 3.20. The summed E-state index contributed by atoms with van der Waals surface area (Å²) < 4.78 is 12.7. The summed E-state index contributed by atoms with van der Waals surface area (Å²) >= 11 is 0. The molecule has 0 fully saturated rings. The van der Waals surface area contributed by atoms with Gasteiger partial charge >= 0.3 is 0 Å². The molecular weight excluding hydrogens is 193 g/mol. The van der Waals surface area contributed by atoms with Crippen LogP contribution in [0.1, 0.15) is 0 Å². The lowest BCUT2D eigenvalue weighted by atomic mass is 10.1. The van der Waals surface area contributed by atoms with Gasteiger partial charge in [-0.3, -0.25) is 10.7 Å². The molecule has 3 heteroatoms. The molecule has 0 aromatic heterocycles. The standard InChI is InChI=1S/C12H10FNO/c13-11-5-1-9(2-6-11)10-3-7-12(14-15)8-4-10/h1-8,14-15H. The third-order valence-corrected chi connectivity index (χ3v) is 2.19. The van der Waals surface area contributed by atoms with Gasteiger partial charge in [-0.05, 0) is 35.4 Å². The summed E-state index contributed by atoms with van der Waals surface area (Å²) in [7, 11) is 0. The van der Waals surface area contributed by atoms with Gasteiger partial charge in [0.2, 0.25) is 0 Å². The molecule has 15 heavy (non-hydrogen) atoms. The van der Waals surface area contributed by atoms with Crippen molar-refractivity contribution in [1.29, 1.82) is 0 Å². The van der Waals surface area contributed by atoms with Gasteiger partial charge in [-0.15, -0.1) is 0 Å². The van der Waals surface area contributed by atoms with Crippen molar-refractivity contribution in [3.05, 3.63) is 54.3 Å². The van der Waals surface area contributed by atoms with Crippen LogP contribution in [-0.4, -0.2) is 5.21 Å². The second-order valence-corrected chi connectivity index (χ2v) is 3.20. The van der Waals surface area contributed by atoms with Gasteiger partial charge in [0, 0.05) is 0 Å². The maximum absolute atomic E-state index is 12.7. The van der Waals surface area contributed by atoms with E-state index in [1.807, 2.05) is 12.1 Å². The predicted octanol–water partition coefficient (Wildman–Crippen LogP) is 3.29. The number of hydrogen-bond acceptors (Lipinski definition) is 2. The molecule has 0 spiro atoms. The lowest BCUT2D eigenvalue weighted by Gasteiger charge is -2.03. The van der Waals surface area contributed by atoms with E-state index >= 15 is 0 Å². The fourth-order valence-electron chi connectivity index (χ4n) is 1.38. The van der Waals surface area contributed by atoms with Crippen LogP contribution < -0.4 is 5.48 Å².